The van der Waals surface area contributed by atoms with Crippen LogP contribution in [0.3, 0.4) is 0 Å². The van der Waals surface area contributed by atoms with E-state index >= 15 is 0 Å². The van der Waals surface area contributed by atoms with Crippen LogP contribution in [0.1, 0.15) is 51.5 Å². The number of aryl methyl sites for hydroxylation is 1. The Morgan fingerprint density at radius 2 is 1.89 bits per heavy atom. The van der Waals surface area contributed by atoms with Crippen molar-refractivity contribution in [2.45, 2.75) is 32.4 Å². The highest BCUT2D eigenvalue weighted by atomic mass is 32.1. The SMILES string of the molecule is COC(=O)c1ccc(-n2c(C)cc([C@@H]3[C@H](c4ccccn4)NC(=S)N3CCCN3CCOCC3)c2C)cc1. The monoisotopic (exact) mass is 533 g/mol. The van der Waals surface area contributed by atoms with Gasteiger partial charge in [-0.05, 0) is 80.5 Å². The van der Waals surface area contributed by atoms with Crippen LogP contribution in [0, 0.1) is 13.8 Å². The minimum Gasteiger partial charge on any atom is -0.465 e. The van der Waals surface area contributed by atoms with E-state index in [1.165, 1.54) is 12.7 Å². The largest absolute Gasteiger partial charge is 0.465 e. The number of aromatic nitrogens is 2. The van der Waals surface area contributed by atoms with Crippen LogP contribution in [-0.2, 0) is 9.47 Å². The van der Waals surface area contributed by atoms with Gasteiger partial charge in [-0.25, -0.2) is 4.79 Å². The Bertz CT molecular complexity index is 1270. The topological polar surface area (TPSA) is 71.9 Å². The maximum atomic E-state index is 11.9. The van der Waals surface area contributed by atoms with Gasteiger partial charge in [0.2, 0.25) is 0 Å². The van der Waals surface area contributed by atoms with Gasteiger partial charge in [0, 0.05) is 49.5 Å². The maximum absolute atomic E-state index is 11.9. The van der Waals surface area contributed by atoms with Gasteiger partial charge in [0.15, 0.2) is 5.11 Å². The molecular weight excluding hydrogens is 498 g/mol. The van der Waals surface area contributed by atoms with Crippen molar-refractivity contribution in [2.24, 2.45) is 0 Å². The van der Waals surface area contributed by atoms with Gasteiger partial charge in [0.05, 0.1) is 43.7 Å². The standard InChI is InChI=1S/C29H35N5O3S/c1-20-19-24(21(2)34(20)23-10-8-22(9-11-23)28(35)36-3)27-26(25-7-4-5-12-30-25)31-29(38)33(27)14-6-13-32-15-17-37-18-16-32/h4-5,7-12,19,26-27H,6,13-18H2,1-3H3,(H,31,38)/t26-,27+/m0/s1. The van der Waals surface area contributed by atoms with E-state index in [1.807, 2.05) is 30.5 Å². The summed E-state index contributed by atoms with van der Waals surface area (Å²) in [6, 6.07) is 15.8. The van der Waals surface area contributed by atoms with Gasteiger partial charge in [-0.2, -0.15) is 0 Å². The van der Waals surface area contributed by atoms with Crippen LogP contribution in [-0.4, -0.2) is 76.9 Å². The van der Waals surface area contributed by atoms with Crippen molar-refractivity contribution in [3.8, 4) is 5.69 Å². The first kappa shape index (κ1) is 26.3. The van der Waals surface area contributed by atoms with Gasteiger partial charge in [-0.1, -0.05) is 6.07 Å². The molecule has 0 bridgehead atoms. The Labute approximate surface area is 229 Å². The van der Waals surface area contributed by atoms with Crippen LogP contribution in [0.15, 0.2) is 54.7 Å². The summed E-state index contributed by atoms with van der Waals surface area (Å²) in [5, 5.41) is 4.34. The van der Waals surface area contributed by atoms with Crippen LogP contribution in [0.25, 0.3) is 5.69 Å². The average molecular weight is 534 g/mol. The fourth-order valence-corrected chi connectivity index (χ4v) is 5.95. The summed E-state index contributed by atoms with van der Waals surface area (Å²) < 4.78 is 12.6. The number of esters is 1. The lowest BCUT2D eigenvalue weighted by Gasteiger charge is -2.30. The van der Waals surface area contributed by atoms with E-state index in [4.69, 9.17) is 21.7 Å². The molecule has 5 rings (SSSR count). The van der Waals surface area contributed by atoms with Crippen molar-refractivity contribution in [1.82, 2.24) is 24.7 Å². The van der Waals surface area contributed by atoms with Crippen molar-refractivity contribution in [2.75, 3.05) is 46.5 Å². The number of hydrogen-bond donors (Lipinski definition) is 1. The summed E-state index contributed by atoms with van der Waals surface area (Å²) in [5.41, 5.74) is 5.99. The lowest BCUT2D eigenvalue weighted by Crippen LogP contribution is -2.39. The number of nitrogens with one attached hydrogen (secondary N) is 1. The Morgan fingerprint density at radius 1 is 1.13 bits per heavy atom. The molecule has 38 heavy (non-hydrogen) atoms. The number of methoxy groups -OCH3 is 1. The third-order valence-corrected chi connectivity index (χ3v) is 7.86. The first-order chi connectivity index (χ1) is 18.5. The van der Waals surface area contributed by atoms with Crippen molar-refractivity contribution >= 4 is 23.3 Å². The predicted octanol–water partition coefficient (Wildman–Crippen LogP) is 3.97. The molecule has 2 fully saturated rings. The molecular formula is C29H35N5O3S. The Morgan fingerprint density at radius 3 is 2.58 bits per heavy atom. The number of benzene rings is 1. The molecule has 200 valence electrons. The number of thiocarbonyl (C=S) groups is 1. The second-order valence-corrected chi connectivity index (χ2v) is 10.2. The van der Waals surface area contributed by atoms with Crippen LogP contribution in [0.4, 0.5) is 0 Å². The van der Waals surface area contributed by atoms with Crippen LogP contribution in [0.2, 0.25) is 0 Å². The molecule has 0 amide bonds. The zero-order chi connectivity index (χ0) is 26.6. The van der Waals surface area contributed by atoms with Crippen LogP contribution < -0.4 is 5.32 Å². The number of rotatable bonds is 8. The van der Waals surface area contributed by atoms with E-state index in [2.05, 4.69) is 50.6 Å². The van der Waals surface area contributed by atoms with E-state index in [0.717, 1.165) is 73.7 Å². The first-order valence-electron chi connectivity index (χ1n) is 13.1. The molecule has 0 radical (unpaired) electrons. The Hall–Kier alpha value is -3.27. The van der Waals surface area contributed by atoms with Crippen molar-refractivity contribution < 1.29 is 14.3 Å². The molecule has 2 aromatic heterocycles. The third-order valence-electron chi connectivity index (χ3n) is 7.51. The summed E-state index contributed by atoms with van der Waals surface area (Å²) in [6.07, 6.45) is 2.85. The van der Waals surface area contributed by atoms with E-state index < -0.39 is 0 Å². The number of carbonyl (C=O) groups excluding carboxylic acids is 1. The minimum atomic E-state index is -0.338. The van der Waals surface area contributed by atoms with Gasteiger partial charge < -0.3 is 24.3 Å². The molecule has 2 aliphatic heterocycles. The van der Waals surface area contributed by atoms with E-state index in [1.54, 1.807) is 12.1 Å². The number of carbonyl (C=O) groups is 1. The number of hydrogen-bond acceptors (Lipinski definition) is 6. The lowest BCUT2D eigenvalue weighted by molar-refractivity contribution is 0.0365. The van der Waals surface area contributed by atoms with Gasteiger partial charge in [-0.15, -0.1) is 0 Å². The van der Waals surface area contributed by atoms with Crippen molar-refractivity contribution in [3.05, 3.63) is 82.9 Å². The molecule has 0 spiro atoms. The van der Waals surface area contributed by atoms with Crippen LogP contribution in [0.5, 0.6) is 0 Å². The van der Waals surface area contributed by atoms with E-state index in [-0.39, 0.29) is 18.1 Å². The fraction of sp³-hybridized carbons (Fsp3) is 0.414. The molecule has 0 unspecified atom stereocenters. The Kier molecular flexibility index (Phi) is 8.06. The average Bonchev–Trinajstić information content (AvgIpc) is 3.43. The quantitative estimate of drug-likeness (QED) is 0.345. The summed E-state index contributed by atoms with van der Waals surface area (Å²) >= 11 is 5.89. The van der Waals surface area contributed by atoms with Gasteiger partial charge in [0.1, 0.15) is 0 Å². The molecule has 1 aromatic carbocycles. The number of nitrogens with zero attached hydrogens (tertiary/aromatic N) is 4. The molecule has 0 aliphatic carbocycles. The summed E-state index contributed by atoms with van der Waals surface area (Å²) in [7, 11) is 1.40. The molecule has 2 saturated heterocycles. The van der Waals surface area contributed by atoms with Crippen molar-refractivity contribution in [3.63, 3.8) is 0 Å². The molecule has 2 atom stereocenters. The van der Waals surface area contributed by atoms with Crippen LogP contribution >= 0.6 is 12.2 Å². The molecule has 4 heterocycles. The molecule has 1 N–H and O–H groups in total. The normalized spacial score (nSPS) is 20.0. The molecule has 8 nitrogen and oxygen atoms in total. The second-order valence-electron chi connectivity index (χ2n) is 9.83. The maximum Gasteiger partial charge on any atom is 0.337 e. The van der Waals surface area contributed by atoms with Gasteiger partial charge in [-0.3, -0.25) is 9.88 Å². The van der Waals surface area contributed by atoms with Gasteiger partial charge >= 0.3 is 5.97 Å². The number of pyridine rings is 1. The number of ether oxygens (including phenoxy) is 2. The smallest absolute Gasteiger partial charge is 0.337 e. The first-order valence-corrected chi connectivity index (χ1v) is 13.5. The highest BCUT2D eigenvalue weighted by molar-refractivity contribution is 7.80. The highest BCUT2D eigenvalue weighted by Crippen LogP contribution is 2.41. The second kappa shape index (κ2) is 11.6. The lowest BCUT2D eigenvalue weighted by atomic mass is 9.96. The van der Waals surface area contributed by atoms with E-state index in [9.17, 15) is 4.79 Å². The zero-order valence-electron chi connectivity index (χ0n) is 22.2. The fourth-order valence-electron chi connectivity index (χ4n) is 5.62. The molecule has 3 aromatic rings. The zero-order valence-corrected chi connectivity index (χ0v) is 23.0. The van der Waals surface area contributed by atoms with E-state index in [0.29, 0.717) is 5.56 Å². The van der Waals surface area contributed by atoms with Gasteiger partial charge in [0.25, 0.3) is 0 Å². The highest BCUT2D eigenvalue weighted by Gasteiger charge is 2.41. The summed E-state index contributed by atoms with van der Waals surface area (Å²) in [4.78, 5) is 21.4. The molecule has 0 saturated carbocycles. The number of morpholine rings is 1. The summed E-state index contributed by atoms with van der Waals surface area (Å²) in [6.45, 7) is 9.73. The molecule has 2 aliphatic rings. The van der Waals surface area contributed by atoms with Crippen molar-refractivity contribution in [1.29, 1.82) is 0 Å². The summed E-state index contributed by atoms with van der Waals surface area (Å²) in [5.74, 6) is -0.338. The molecule has 9 heteroatoms. The Balaban J connectivity index is 1.46. The third kappa shape index (κ3) is 5.32. The minimum absolute atomic E-state index is 0.0105. The predicted molar refractivity (Wildman–Crippen MR) is 151 cm³/mol.